The lowest BCUT2D eigenvalue weighted by molar-refractivity contribution is -0.113. The molecular formula is C15H21N3O2. The summed E-state index contributed by atoms with van der Waals surface area (Å²) >= 11 is 0. The second-order valence-electron chi connectivity index (χ2n) is 5.69. The molecule has 0 unspecified atom stereocenters. The molecule has 2 atom stereocenters. The number of hydrogen-bond donors (Lipinski definition) is 2. The highest BCUT2D eigenvalue weighted by molar-refractivity contribution is 5.93. The third kappa shape index (κ3) is 2.99. The highest BCUT2D eigenvalue weighted by atomic mass is 16.5. The summed E-state index contributed by atoms with van der Waals surface area (Å²) in [5.74, 6) is -0.0779. The molecular weight excluding hydrogens is 254 g/mol. The third-order valence-corrected chi connectivity index (χ3v) is 4.19. The molecule has 0 bridgehead atoms. The molecule has 0 aromatic carbocycles. The number of nitrogens with zero attached hydrogens (tertiary/aromatic N) is 1. The van der Waals surface area contributed by atoms with E-state index in [0.717, 1.165) is 32.4 Å². The standard InChI is InChI=1S/C15H21N3O2/c19-14(12-3-2-7-16-9-12)18-10-13-4-1-5-15(20-13)6-8-17-11-15/h2-3,7,9,13,17H,1,4-6,8,10-11H2,(H,18,19)/t13-,15-/m0/s1. The van der Waals surface area contributed by atoms with Crippen LogP contribution in [0.15, 0.2) is 24.5 Å². The van der Waals surface area contributed by atoms with E-state index < -0.39 is 0 Å². The molecule has 0 radical (unpaired) electrons. The van der Waals surface area contributed by atoms with Crippen LogP contribution in [-0.2, 0) is 4.74 Å². The van der Waals surface area contributed by atoms with E-state index in [-0.39, 0.29) is 17.6 Å². The zero-order valence-electron chi connectivity index (χ0n) is 11.6. The van der Waals surface area contributed by atoms with Crippen LogP contribution in [0, 0.1) is 0 Å². The van der Waals surface area contributed by atoms with Crippen LogP contribution < -0.4 is 10.6 Å². The van der Waals surface area contributed by atoms with Gasteiger partial charge in [0.05, 0.1) is 17.3 Å². The minimum atomic E-state index is -0.0779. The molecule has 3 heterocycles. The fourth-order valence-electron chi connectivity index (χ4n) is 3.11. The molecule has 108 valence electrons. The Kier molecular flexibility index (Phi) is 3.98. The molecule has 0 saturated carbocycles. The van der Waals surface area contributed by atoms with Gasteiger partial charge in [-0.2, -0.15) is 0 Å². The summed E-state index contributed by atoms with van der Waals surface area (Å²) in [5.41, 5.74) is 0.614. The first-order valence-electron chi connectivity index (χ1n) is 7.34. The smallest absolute Gasteiger partial charge is 0.252 e. The lowest BCUT2D eigenvalue weighted by atomic mass is 9.90. The Morgan fingerprint density at radius 3 is 3.25 bits per heavy atom. The molecule has 2 aliphatic heterocycles. The van der Waals surface area contributed by atoms with Crippen LogP contribution in [0.5, 0.6) is 0 Å². The second kappa shape index (κ2) is 5.89. The summed E-state index contributed by atoms with van der Waals surface area (Å²) in [5, 5.41) is 6.32. The minimum absolute atomic E-state index is 0.0158. The Labute approximate surface area is 119 Å². The molecule has 1 aromatic rings. The molecule has 0 aliphatic carbocycles. The molecule has 1 amide bonds. The van der Waals surface area contributed by atoms with Crippen molar-refractivity contribution >= 4 is 5.91 Å². The van der Waals surface area contributed by atoms with E-state index in [0.29, 0.717) is 12.1 Å². The van der Waals surface area contributed by atoms with Crippen LogP contribution in [0.25, 0.3) is 0 Å². The Morgan fingerprint density at radius 2 is 2.50 bits per heavy atom. The predicted octanol–water partition coefficient (Wildman–Crippen LogP) is 1.11. The van der Waals surface area contributed by atoms with E-state index in [1.165, 1.54) is 6.42 Å². The van der Waals surface area contributed by atoms with E-state index >= 15 is 0 Å². The van der Waals surface area contributed by atoms with Crippen molar-refractivity contribution in [2.24, 2.45) is 0 Å². The highest BCUT2D eigenvalue weighted by Gasteiger charge is 2.39. The monoisotopic (exact) mass is 275 g/mol. The van der Waals surface area contributed by atoms with Gasteiger partial charge in [0.1, 0.15) is 0 Å². The molecule has 3 rings (SSSR count). The van der Waals surface area contributed by atoms with E-state index in [1.807, 2.05) is 0 Å². The van der Waals surface area contributed by atoms with Crippen LogP contribution in [0.2, 0.25) is 0 Å². The van der Waals surface area contributed by atoms with Crippen LogP contribution in [0.1, 0.15) is 36.0 Å². The summed E-state index contributed by atoms with van der Waals surface area (Å²) in [6.45, 7) is 2.56. The average Bonchev–Trinajstić information content (AvgIpc) is 2.93. The quantitative estimate of drug-likeness (QED) is 0.867. The Balaban J connectivity index is 1.52. The summed E-state index contributed by atoms with van der Waals surface area (Å²) < 4.78 is 6.23. The maximum absolute atomic E-state index is 12.0. The lowest BCUT2D eigenvalue weighted by Crippen LogP contribution is -2.46. The van der Waals surface area contributed by atoms with Gasteiger partial charge in [-0.15, -0.1) is 0 Å². The van der Waals surface area contributed by atoms with E-state index in [9.17, 15) is 4.79 Å². The van der Waals surface area contributed by atoms with Gasteiger partial charge in [0.25, 0.3) is 5.91 Å². The van der Waals surface area contributed by atoms with Gasteiger partial charge in [-0.3, -0.25) is 9.78 Å². The van der Waals surface area contributed by atoms with Gasteiger partial charge in [0.2, 0.25) is 0 Å². The third-order valence-electron chi connectivity index (χ3n) is 4.19. The van der Waals surface area contributed by atoms with Crippen LogP contribution in [-0.4, -0.2) is 42.2 Å². The van der Waals surface area contributed by atoms with E-state index in [2.05, 4.69) is 15.6 Å². The fourth-order valence-corrected chi connectivity index (χ4v) is 3.11. The maximum atomic E-state index is 12.0. The molecule has 2 fully saturated rings. The number of aromatic nitrogens is 1. The van der Waals surface area contributed by atoms with Crippen molar-refractivity contribution in [1.29, 1.82) is 0 Å². The van der Waals surface area contributed by atoms with Crippen molar-refractivity contribution in [3.8, 4) is 0 Å². The van der Waals surface area contributed by atoms with Gasteiger partial charge in [-0.1, -0.05) is 0 Å². The number of carbonyl (C=O) groups is 1. The molecule has 2 aliphatic rings. The van der Waals surface area contributed by atoms with Crippen molar-refractivity contribution < 1.29 is 9.53 Å². The summed E-state index contributed by atoms with van der Waals surface area (Å²) in [4.78, 5) is 15.9. The number of hydrogen-bond acceptors (Lipinski definition) is 4. The molecule has 1 aromatic heterocycles. The first-order valence-corrected chi connectivity index (χ1v) is 7.34. The molecule has 2 saturated heterocycles. The Bertz CT molecular complexity index is 457. The number of ether oxygens (including phenoxy) is 1. The largest absolute Gasteiger partial charge is 0.369 e. The van der Waals surface area contributed by atoms with Gasteiger partial charge in [-0.05, 0) is 44.4 Å². The second-order valence-corrected chi connectivity index (χ2v) is 5.69. The highest BCUT2D eigenvalue weighted by Crippen LogP contribution is 2.33. The molecule has 5 nitrogen and oxygen atoms in total. The normalized spacial score (nSPS) is 29.5. The van der Waals surface area contributed by atoms with Crippen molar-refractivity contribution in [2.75, 3.05) is 19.6 Å². The SMILES string of the molecule is O=C(NC[C@@H]1CCC[C@@]2(CCNC2)O1)c1cccnc1. The van der Waals surface area contributed by atoms with Gasteiger partial charge < -0.3 is 15.4 Å². The van der Waals surface area contributed by atoms with Crippen molar-refractivity contribution in [2.45, 2.75) is 37.4 Å². The molecule has 20 heavy (non-hydrogen) atoms. The fraction of sp³-hybridized carbons (Fsp3) is 0.600. The molecule has 1 spiro atoms. The van der Waals surface area contributed by atoms with Crippen molar-refractivity contribution in [1.82, 2.24) is 15.6 Å². The zero-order chi connectivity index (χ0) is 13.8. The number of rotatable bonds is 3. The maximum Gasteiger partial charge on any atom is 0.252 e. The van der Waals surface area contributed by atoms with Crippen molar-refractivity contribution in [3.05, 3.63) is 30.1 Å². The van der Waals surface area contributed by atoms with Crippen LogP contribution in [0.4, 0.5) is 0 Å². The Morgan fingerprint density at radius 1 is 1.55 bits per heavy atom. The number of carbonyl (C=O) groups excluding carboxylic acids is 1. The predicted molar refractivity (Wildman–Crippen MR) is 75.5 cm³/mol. The van der Waals surface area contributed by atoms with Gasteiger partial charge >= 0.3 is 0 Å². The summed E-state index contributed by atoms with van der Waals surface area (Å²) in [6.07, 6.45) is 7.79. The molecule has 5 heteroatoms. The van der Waals surface area contributed by atoms with Gasteiger partial charge in [0, 0.05) is 25.5 Å². The van der Waals surface area contributed by atoms with Crippen LogP contribution in [0.3, 0.4) is 0 Å². The first kappa shape index (κ1) is 13.5. The number of nitrogens with one attached hydrogen (secondary N) is 2. The zero-order valence-corrected chi connectivity index (χ0v) is 11.6. The number of pyridine rings is 1. The topological polar surface area (TPSA) is 63.2 Å². The van der Waals surface area contributed by atoms with Crippen molar-refractivity contribution in [3.63, 3.8) is 0 Å². The molecule has 2 N–H and O–H groups in total. The van der Waals surface area contributed by atoms with E-state index in [1.54, 1.807) is 24.5 Å². The van der Waals surface area contributed by atoms with E-state index in [4.69, 9.17) is 4.74 Å². The van der Waals surface area contributed by atoms with Crippen LogP contribution >= 0.6 is 0 Å². The average molecular weight is 275 g/mol. The lowest BCUT2D eigenvalue weighted by Gasteiger charge is -2.38. The summed E-state index contributed by atoms with van der Waals surface area (Å²) in [7, 11) is 0. The first-order chi connectivity index (χ1) is 9.77. The minimum Gasteiger partial charge on any atom is -0.369 e. The summed E-state index contributed by atoms with van der Waals surface area (Å²) in [6, 6.07) is 3.54. The Hall–Kier alpha value is -1.46. The van der Waals surface area contributed by atoms with Gasteiger partial charge in [0.15, 0.2) is 0 Å². The van der Waals surface area contributed by atoms with Gasteiger partial charge in [-0.25, -0.2) is 0 Å². The number of amides is 1.